The Labute approximate surface area is 120 Å². The van der Waals surface area contributed by atoms with Gasteiger partial charge in [-0.25, -0.2) is 14.8 Å². The maximum Gasteiger partial charge on any atom is 0.339 e. The fourth-order valence-corrected chi connectivity index (χ4v) is 2.04. The number of carbonyl (C=O) groups is 1. The number of rotatable bonds is 4. The summed E-state index contributed by atoms with van der Waals surface area (Å²) in [6, 6.07) is 9.86. The van der Waals surface area contributed by atoms with Gasteiger partial charge in [-0.2, -0.15) is 5.10 Å². The van der Waals surface area contributed by atoms with Gasteiger partial charge in [0.1, 0.15) is 11.9 Å². The SMILES string of the molecule is O=C(O)c1cncnc1Cn1cc(-c2ccccc2)cn1. The van der Waals surface area contributed by atoms with Crippen LogP contribution in [-0.2, 0) is 6.54 Å². The summed E-state index contributed by atoms with van der Waals surface area (Å²) in [6.07, 6.45) is 6.25. The second kappa shape index (κ2) is 5.54. The topological polar surface area (TPSA) is 80.9 Å². The molecule has 2 heterocycles. The zero-order valence-corrected chi connectivity index (χ0v) is 11.0. The minimum atomic E-state index is -1.04. The summed E-state index contributed by atoms with van der Waals surface area (Å²) in [4.78, 5) is 18.9. The van der Waals surface area contributed by atoms with Gasteiger partial charge >= 0.3 is 5.97 Å². The van der Waals surface area contributed by atoms with Crippen LogP contribution in [0.15, 0.2) is 55.2 Å². The zero-order chi connectivity index (χ0) is 14.7. The maximum atomic E-state index is 11.1. The Bertz CT molecular complexity index is 768. The first-order chi connectivity index (χ1) is 10.2. The van der Waals surface area contributed by atoms with Crippen LogP contribution in [0.4, 0.5) is 0 Å². The van der Waals surface area contributed by atoms with Gasteiger partial charge in [-0.05, 0) is 5.56 Å². The van der Waals surface area contributed by atoms with Crippen LogP contribution < -0.4 is 0 Å². The number of carboxylic acid groups (broad SMARTS) is 1. The minimum Gasteiger partial charge on any atom is -0.478 e. The molecule has 0 aliphatic heterocycles. The van der Waals surface area contributed by atoms with Gasteiger partial charge in [0.25, 0.3) is 0 Å². The number of hydrogen-bond donors (Lipinski definition) is 1. The molecule has 3 rings (SSSR count). The maximum absolute atomic E-state index is 11.1. The van der Waals surface area contributed by atoms with E-state index in [1.165, 1.54) is 12.5 Å². The molecule has 0 unspecified atom stereocenters. The Balaban J connectivity index is 1.87. The van der Waals surface area contributed by atoms with E-state index >= 15 is 0 Å². The van der Waals surface area contributed by atoms with Crippen LogP contribution in [0, 0.1) is 0 Å². The molecule has 2 aromatic heterocycles. The molecule has 0 bridgehead atoms. The highest BCUT2D eigenvalue weighted by atomic mass is 16.4. The third-order valence-electron chi connectivity index (χ3n) is 3.08. The Kier molecular flexibility index (Phi) is 3.42. The van der Waals surface area contributed by atoms with Gasteiger partial charge in [-0.1, -0.05) is 30.3 Å². The van der Waals surface area contributed by atoms with Crippen molar-refractivity contribution >= 4 is 5.97 Å². The van der Waals surface area contributed by atoms with E-state index in [9.17, 15) is 4.79 Å². The van der Waals surface area contributed by atoms with Crippen LogP contribution in [0.5, 0.6) is 0 Å². The monoisotopic (exact) mass is 280 g/mol. The predicted molar refractivity (Wildman–Crippen MR) is 75.8 cm³/mol. The summed E-state index contributed by atoms with van der Waals surface area (Å²) < 4.78 is 1.66. The molecule has 1 aromatic carbocycles. The summed E-state index contributed by atoms with van der Waals surface area (Å²) >= 11 is 0. The van der Waals surface area contributed by atoms with Crippen molar-refractivity contribution in [1.29, 1.82) is 0 Å². The molecular formula is C15H12N4O2. The van der Waals surface area contributed by atoms with E-state index in [1.54, 1.807) is 10.9 Å². The van der Waals surface area contributed by atoms with Crippen molar-refractivity contribution in [3.8, 4) is 11.1 Å². The molecule has 0 spiro atoms. The van der Waals surface area contributed by atoms with Crippen molar-refractivity contribution in [2.45, 2.75) is 6.54 Å². The first-order valence-electron chi connectivity index (χ1n) is 6.34. The molecule has 1 N–H and O–H groups in total. The number of hydrogen-bond acceptors (Lipinski definition) is 4. The van der Waals surface area contributed by atoms with Crippen molar-refractivity contribution in [2.75, 3.05) is 0 Å². The number of aromatic nitrogens is 4. The van der Waals surface area contributed by atoms with E-state index in [4.69, 9.17) is 5.11 Å². The van der Waals surface area contributed by atoms with Crippen molar-refractivity contribution in [1.82, 2.24) is 19.7 Å². The molecule has 0 fully saturated rings. The van der Waals surface area contributed by atoms with Crippen LogP contribution in [0.2, 0.25) is 0 Å². The summed E-state index contributed by atoms with van der Waals surface area (Å²) in [5.41, 5.74) is 2.56. The summed E-state index contributed by atoms with van der Waals surface area (Å²) in [5.74, 6) is -1.04. The molecule has 6 nitrogen and oxygen atoms in total. The molecule has 0 saturated heterocycles. The average molecular weight is 280 g/mol. The van der Waals surface area contributed by atoms with E-state index < -0.39 is 5.97 Å². The van der Waals surface area contributed by atoms with E-state index in [2.05, 4.69) is 15.1 Å². The molecule has 0 aliphatic carbocycles. The smallest absolute Gasteiger partial charge is 0.339 e. The van der Waals surface area contributed by atoms with E-state index in [0.29, 0.717) is 5.69 Å². The number of nitrogens with zero attached hydrogens (tertiary/aromatic N) is 4. The second-order valence-corrected chi connectivity index (χ2v) is 4.48. The molecule has 104 valence electrons. The van der Waals surface area contributed by atoms with Crippen LogP contribution in [0.25, 0.3) is 11.1 Å². The number of benzene rings is 1. The molecular weight excluding hydrogens is 268 g/mol. The van der Waals surface area contributed by atoms with E-state index in [1.807, 2.05) is 36.5 Å². The van der Waals surface area contributed by atoms with Crippen molar-refractivity contribution < 1.29 is 9.90 Å². The molecule has 0 aliphatic rings. The van der Waals surface area contributed by atoms with E-state index in [0.717, 1.165) is 11.1 Å². The molecule has 0 amide bonds. The lowest BCUT2D eigenvalue weighted by Crippen LogP contribution is -2.10. The highest BCUT2D eigenvalue weighted by molar-refractivity contribution is 5.88. The Morgan fingerprint density at radius 1 is 1.14 bits per heavy atom. The average Bonchev–Trinajstić information content (AvgIpc) is 2.97. The first-order valence-corrected chi connectivity index (χ1v) is 6.34. The molecule has 0 atom stereocenters. The molecule has 6 heteroatoms. The Morgan fingerprint density at radius 2 is 1.95 bits per heavy atom. The van der Waals surface area contributed by atoms with Crippen LogP contribution in [-0.4, -0.2) is 30.8 Å². The van der Waals surface area contributed by atoms with Crippen LogP contribution in [0.3, 0.4) is 0 Å². The first kappa shape index (κ1) is 13.0. The summed E-state index contributed by atoms with van der Waals surface area (Å²) in [5, 5.41) is 13.4. The lowest BCUT2D eigenvalue weighted by atomic mass is 10.1. The van der Waals surface area contributed by atoms with Gasteiger partial charge in [0.15, 0.2) is 0 Å². The molecule has 21 heavy (non-hydrogen) atoms. The lowest BCUT2D eigenvalue weighted by Gasteiger charge is -2.04. The van der Waals surface area contributed by atoms with Gasteiger partial charge in [0, 0.05) is 18.0 Å². The van der Waals surface area contributed by atoms with Gasteiger partial charge in [0.2, 0.25) is 0 Å². The predicted octanol–water partition coefficient (Wildman–Crippen LogP) is 2.09. The molecule has 0 saturated carbocycles. The van der Waals surface area contributed by atoms with Crippen molar-refractivity contribution in [3.05, 3.63) is 66.5 Å². The Morgan fingerprint density at radius 3 is 2.71 bits per heavy atom. The zero-order valence-electron chi connectivity index (χ0n) is 11.0. The highest BCUT2D eigenvalue weighted by Gasteiger charge is 2.12. The molecule has 0 radical (unpaired) electrons. The van der Waals surface area contributed by atoms with E-state index in [-0.39, 0.29) is 12.1 Å². The van der Waals surface area contributed by atoms with Crippen molar-refractivity contribution in [3.63, 3.8) is 0 Å². The van der Waals surface area contributed by atoms with Gasteiger partial charge < -0.3 is 5.11 Å². The minimum absolute atomic E-state index is 0.0919. The number of aromatic carboxylic acids is 1. The fraction of sp³-hybridized carbons (Fsp3) is 0.0667. The van der Waals surface area contributed by atoms with Crippen molar-refractivity contribution in [2.24, 2.45) is 0 Å². The second-order valence-electron chi connectivity index (χ2n) is 4.48. The van der Waals surface area contributed by atoms with Crippen LogP contribution in [0.1, 0.15) is 16.1 Å². The molecule has 3 aromatic rings. The highest BCUT2D eigenvalue weighted by Crippen LogP contribution is 2.18. The van der Waals surface area contributed by atoms with Gasteiger partial charge in [0.05, 0.1) is 18.4 Å². The standard InChI is InChI=1S/C15H12N4O2/c20-15(21)13-7-16-10-17-14(13)9-19-8-12(6-18-19)11-4-2-1-3-5-11/h1-8,10H,9H2,(H,20,21). The lowest BCUT2D eigenvalue weighted by molar-refractivity contribution is 0.0694. The van der Waals surface area contributed by atoms with Gasteiger partial charge in [-0.15, -0.1) is 0 Å². The normalized spacial score (nSPS) is 10.5. The fourth-order valence-electron chi connectivity index (χ4n) is 2.04. The largest absolute Gasteiger partial charge is 0.478 e. The third-order valence-corrected chi connectivity index (χ3v) is 3.08. The quantitative estimate of drug-likeness (QED) is 0.791. The summed E-state index contributed by atoms with van der Waals surface area (Å²) in [6.45, 7) is 0.289. The van der Waals surface area contributed by atoms with Crippen LogP contribution >= 0.6 is 0 Å². The van der Waals surface area contributed by atoms with Gasteiger partial charge in [-0.3, -0.25) is 4.68 Å². The number of carboxylic acids is 1. The summed E-state index contributed by atoms with van der Waals surface area (Å²) in [7, 11) is 0. The Hall–Kier alpha value is -3.02. The third kappa shape index (κ3) is 2.79.